The van der Waals surface area contributed by atoms with Gasteiger partial charge in [-0.15, -0.1) is 129 Å². The van der Waals surface area contributed by atoms with Crippen LogP contribution < -0.4 is 5.73 Å². The number of hydrogen-bond acceptors (Lipinski definition) is 31. The molecule has 28 nitrogen and oxygen atoms in total. The maximum atomic E-state index is 13.0. The van der Waals surface area contributed by atoms with Crippen LogP contribution in [0.2, 0.25) is 60.3 Å². The second-order valence-electron chi connectivity index (χ2n) is 32.5. The molecule has 7 aliphatic heterocycles. The number of benzene rings is 6. The Labute approximate surface area is 1010 Å². The molecule has 1 radical (unpaired) electrons. The van der Waals surface area contributed by atoms with Gasteiger partial charge < -0.3 is 30.0 Å². The molecule has 7 aliphatic rings. The number of esters is 2. The fraction of sp³-hybridized carbons (Fsp3) is 0.483. The fourth-order valence-electron chi connectivity index (χ4n) is 12.2. The topological polar surface area (TPSA) is 448 Å². The van der Waals surface area contributed by atoms with E-state index >= 15 is 0 Å². The van der Waals surface area contributed by atoms with Crippen molar-refractivity contribution in [3.63, 3.8) is 0 Å². The first-order valence-corrected chi connectivity index (χ1v) is 69.3. The normalized spacial score (nSPS) is 20.0. The second-order valence-corrected chi connectivity index (χ2v) is 64.1. The van der Waals surface area contributed by atoms with Crippen LogP contribution in [0.1, 0.15) is 82.1 Å². The maximum absolute atomic E-state index is 13.0. The number of carboxylic acid groups (broad SMARTS) is 1. The number of carbonyl (C=O) groups is 3. The summed E-state index contributed by atoms with van der Waals surface area (Å²) in [6.45, 7) is 14.6. The molecule has 6 aromatic carbocycles. The quantitative estimate of drug-likeness (QED) is 0.0217. The van der Waals surface area contributed by atoms with Crippen LogP contribution in [0.25, 0.3) is 0 Å². The minimum atomic E-state index is -3.96. The van der Waals surface area contributed by atoms with Gasteiger partial charge in [0.25, 0.3) is 0 Å². The van der Waals surface area contributed by atoms with Crippen molar-refractivity contribution in [2.45, 2.75) is 154 Å². The number of sulfone groups is 9. The van der Waals surface area contributed by atoms with Crippen molar-refractivity contribution in [2.75, 3.05) is 119 Å². The Hall–Kier alpha value is -0.0751. The van der Waals surface area contributed by atoms with Gasteiger partial charge in [0.2, 0.25) is 0 Å². The zero-order chi connectivity index (χ0) is 114. The van der Waals surface area contributed by atoms with Crippen LogP contribution in [0, 0.1) is 11.8 Å². The molecule has 6 aromatic rings. The Kier molecular flexibility index (Phi) is 76.7. The Morgan fingerprint density at radius 2 is 0.793 bits per heavy atom. The Bertz CT molecular complexity index is 6500. The molecule has 0 amide bonds. The number of halogens is 21. The predicted octanol–water partition coefficient (Wildman–Crippen LogP) is 25.1. The summed E-state index contributed by atoms with van der Waals surface area (Å²) in [4.78, 5) is 37.8. The first kappa shape index (κ1) is 154. The van der Waals surface area contributed by atoms with E-state index in [9.17, 15) is 90.1 Å². The fourth-order valence-corrected chi connectivity index (χ4v) is 37.7. The number of carbonyl (C=O) groups excluding carboxylic acids is 2. The van der Waals surface area contributed by atoms with Crippen LogP contribution in [-0.4, -0.2) is 272 Å². The summed E-state index contributed by atoms with van der Waals surface area (Å²) in [5.74, 6) is -4.38. The molecule has 8 atom stereocenters. The number of hydrogen-bond donors (Lipinski definition) is 4. The molecule has 150 heavy (non-hydrogen) atoms. The number of aliphatic carboxylic acids is 1. The average molecular weight is 2820 g/mol. The Morgan fingerprint density at radius 1 is 0.467 bits per heavy atom. The van der Waals surface area contributed by atoms with E-state index in [1.807, 2.05) is 12.1 Å². The third kappa shape index (κ3) is 63.1. The third-order valence-electron chi connectivity index (χ3n) is 18.5. The second kappa shape index (κ2) is 74.7. The van der Waals surface area contributed by atoms with E-state index in [4.69, 9.17) is 257 Å². The van der Waals surface area contributed by atoms with Crippen LogP contribution in [0.3, 0.4) is 0 Å². The molecule has 0 spiro atoms. The van der Waals surface area contributed by atoms with E-state index in [2.05, 4.69) is 65.3 Å². The first-order chi connectivity index (χ1) is 68.1. The molecule has 0 aromatic heterocycles. The summed E-state index contributed by atoms with van der Waals surface area (Å²) < 4.78 is 230. The third-order valence-corrected chi connectivity index (χ3v) is 44.6. The van der Waals surface area contributed by atoms with Gasteiger partial charge in [-0.25, -0.2) is 75.8 Å². The zero-order valence-electron chi connectivity index (χ0n) is 78.9. The van der Waals surface area contributed by atoms with E-state index in [1.165, 1.54) is 89.6 Å². The molecule has 0 unspecified atom stereocenters. The number of nitrogens with zero attached hydrogens (tertiary/aromatic N) is 2. The summed E-state index contributed by atoms with van der Waals surface area (Å²) in [7, 11) is -24.3. The van der Waals surface area contributed by atoms with Gasteiger partial charge >= 0.3 is 42.7 Å². The first-order valence-electron chi connectivity index (χ1n) is 41.6. The van der Waals surface area contributed by atoms with Crippen LogP contribution in [0.5, 0.6) is 0 Å². The summed E-state index contributed by atoms with van der Waals surface area (Å²) in [5.41, 5.74) is 3.94. The minimum absolute atomic E-state index is 0. The molecule has 4 saturated heterocycles. The van der Waals surface area contributed by atoms with Crippen molar-refractivity contribution in [1.29, 1.82) is 0 Å². The molecular formula is C87H112BBrCl20N3O25S13. The van der Waals surface area contributed by atoms with Gasteiger partial charge in [0, 0.05) is 66.8 Å². The number of alkyl halides is 9. The van der Waals surface area contributed by atoms with Crippen LogP contribution in [0.15, 0.2) is 178 Å². The van der Waals surface area contributed by atoms with Crippen LogP contribution >= 0.6 is 297 Å². The van der Waals surface area contributed by atoms with Crippen molar-refractivity contribution in [3.8, 4) is 0 Å². The average Bonchev–Trinajstić information content (AvgIpc) is 1.61. The number of thiol groups is 2. The predicted molar refractivity (Wildman–Crippen MR) is 640 cm³/mol. The Morgan fingerprint density at radius 3 is 1.07 bits per heavy atom. The van der Waals surface area contributed by atoms with Crippen molar-refractivity contribution < 1.29 is 109 Å². The van der Waals surface area contributed by atoms with Gasteiger partial charge in [0.05, 0.1) is 189 Å². The van der Waals surface area contributed by atoms with Gasteiger partial charge in [-0.3, -0.25) is 14.4 Å². The van der Waals surface area contributed by atoms with Crippen molar-refractivity contribution >= 4 is 411 Å². The van der Waals surface area contributed by atoms with Gasteiger partial charge in [-0.1, -0.05) is 194 Å². The summed E-state index contributed by atoms with van der Waals surface area (Å²) in [6.07, 6.45) is 5.98. The number of nitrogens with two attached hydrogens (primary N) is 1. The molecule has 7 heterocycles. The monoisotopic (exact) mass is 2800 g/mol. The van der Waals surface area contributed by atoms with Gasteiger partial charge in [0.1, 0.15) is 11.2 Å². The summed E-state index contributed by atoms with van der Waals surface area (Å²) >= 11 is 121. The van der Waals surface area contributed by atoms with E-state index in [0.29, 0.717) is 30.1 Å². The summed E-state index contributed by atoms with van der Waals surface area (Å²) in [6, 6.07) is 27.4. The van der Waals surface area contributed by atoms with E-state index in [1.54, 1.807) is 102 Å². The van der Waals surface area contributed by atoms with Crippen LogP contribution in [0.4, 0.5) is 0 Å². The van der Waals surface area contributed by atoms with Crippen molar-refractivity contribution in [2.24, 2.45) is 21.9 Å². The molecule has 13 rings (SSSR count). The van der Waals surface area contributed by atoms with Crippen LogP contribution in [-0.2, 0) is 117 Å². The van der Waals surface area contributed by atoms with Gasteiger partial charge in [-0.05, 0) is 182 Å². The summed E-state index contributed by atoms with van der Waals surface area (Å²) in [5, 5.41) is 12.3. The molecule has 853 valence electrons. The van der Waals surface area contributed by atoms with E-state index < -0.39 is 157 Å². The van der Waals surface area contributed by atoms with E-state index in [0.717, 1.165) is 46.4 Å². The SMILES string of the molecule is C.C.CC(C)(C)OC(=O)CC[C@H]1CS(=O)(=O)C[C@@H]1S(=O)(=O)c1ccc(Cl)c(Cl)c1.CC(C)(C)OC(=O)CN.CN1CCOCC1.ClCCl.ClCCl.ClCCl.ClCCl.O=C(O)CC[C@H]1CS(=O)(=O)C[C@@H]1S(=O)(=O)c1ccc(Cl)c(Cl)c1.O=S1(=O)C=C[C@@H](S(=O)(=O)c2ccc(Cl)c(Cl)c2)C1.O=S1(=O)C=C[C@@H](Sc2ccc(Cl)c(Cl)c2)C1.O=S1(=O)CC=CC1.O=S1(=O)C[C@H](Sc2ccc(Cl)c(Cl)c2)[C@@H](Br)C1.Sc1ccc(Cl)c(Cl)c1.[B]=NS. The number of likely N-dealkylation sites (N-methyl/N-ethyl adjacent to an activating group) is 1. The van der Waals surface area contributed by atoms with Crippen molar-refractivity contribution in [1.82, 2.24) is 4.90 Å². The number of morpholine rings is 1. The number of carboxylic acids is 1. The van der Waals surface area contributed by atoms with Crippen molar-refractivity contribution in [3.05, 3.63) is 205 Å². The molecule has 0 bridgehead atoms. The molecule has 0 aliphatic carbocycles. The number of rotatable bonds is 17. The molecule has 63 heteroatoms. The molecule has 4 fully saturated rings. The standard InChI is InChI=1S/C17H22Cl2O6S2.C13H14Cl2O6S2.C10H9BrCl2O2S2.C10H8Cl2O4S2.C10H8Cl2O2S2.C6H4Cl2S.C6H13NO2.C5H11NO.C4H6O2S.4CH2Cl2.2CH4.BHNS/c1-17(2,3)25-16(20)7-4-11-9-26(21,22)10-15(11)27(23,24)12-5-6-13(18)14(19)8-12;14-10-3-2-9(5-11(10)15)23(20,21)12-7-22(18,19)6-8(12)1-4-13(16)17;11-7-4-17(14,15)5-10(7)16-6-1-2-8(12)9(13)3-6;11-9-2-1-7(5-10(9)12)18(15,16)8-3-4-17(13,14)6-8;11-9-2-1-7(5-10(9)12)15-8-3-4-16(13,14)6-8;7-5-2-1-4(9)3-6(5)8;1-6(2,3)9-5(8)4-7;1-6-2-4-7-5-3-6;5-7(6)3-1-2-4-7;4*2-1-3;;;1-2-3/h5-6,8,11,15H,4,7,9-10H2,1-3H3;2-3,5,8,12H,1,4,6-7H2,(H,16,17);1-3,7,10H,4-5H2;1-5,8H,6H2;1-5,8H,6H2;1-3,9H;4,7H2,1-3H3;2-5H2,1H3;1-2H,3-4H2;4*1H2;2*1H4;3H/t11-,15-;8-,12-;7-,10-;2*8-;;;;;;;;;;;/m00011.........../s1. The van der Waals surface area contributed by atoms with Gasteiger partial charge in [0.15, 0.2) is 88.5 Å². The molecular weight excluding hydrogens is 2700 g/mol. The van der Waals surface area contributed by atoms with E-state index in [-0.39, 0.29) is 175 Å². The number of thioether (sulfide) groups is 2. The number of ether oxygens (including phenoxy) is 3. The molecule has 0 saturated carbocycles. The van der Waals surface area contributed by atoms with Gasteiger partial charge in [-0.2, -0.15) is 0 Å². The zero-order valence-corrected chi connectivity index (χ0v) is 106. The Balaban J connectivity index is -0.00000163. The molecule has 3 N–H and O–H groups in total.